The topological polar surface area (TPSA) is 60.5 Å². The number of carbonyl (C=O) groups excluding carboxylic acids is 1. The lowest BCUT2D eigenvalue weighted by Gasteiger charge is -2.14. The maximum Gasteiger partial charge on any atom is 0.266 e. The van der Waals surface area contributed by atoms with Crippen molar-refractivity contribution in [2.24, 2.45) is 0 Å². The van der Waals surface area contributed by atoms with Crippen LogP contribution in [0, 0.1) is 0 Å². The first-order chi connectivity index (χ1) is 15.1. The van der Waals surface area contributed by atoms with Crippen LogP contribution in [0.15, 0.2) is 84.2 Å². The van der Waals surface area contributed by atoms with Crippen molar-refractivity contribution < 1.29 is 14.3 Å². The van der Waals surface area contributed by atoms with Gasteiger partial charge in [0.25, 0.3) is 5.91 Å². The summed E-state index contributed by atoms with van der Waals surface area (Å²) in [6.45, 7) is 1.72. The number of nitrogens with zero attached hydrogens (tertiary/aromatic N) is 1. The number of hydrogen-bond acceptors (Lipinski definition) is 5. The Labute approximate surface area is 185 Å². The highest BCUT2D eigenvalue weighted by Crippen LogP contribution is 2.27. The highest BCUT2D eigenvalue weighted by molar-refractivity contribution is 7.14. The zero-order valence-corrected chi connectivity index (χ0v) is 18.1. The van der Waals surface area contributed by atoms with Crippen molar-refractivity contribution in [1.82, 2.24) is 4.98 Å². The maximum atomic E-state index is 12.5. The van der Waals surface area contributed by atoms with Crippen molar-refractivity contribution in [1.29, 1.82) is 0 Å². The van der Waals surface area contributed by atoms with Gasteiger partial charge in [-0.05, 0) is 54.4 Å². The van der Waals surface area contributed by atoms with Crippen LogP contribution >= 0.6 is 11.3 Å². The lowest BCUT2D eigenvalue weighted by molar-refractivity contribution is -0.122. The van der Waals surface area contributed by atoms with Crippen LogP contribution in [0.5, 0.6) is 11.5 Å². The molecule has 4 rings (SSSR count). The van der Waals surface area contributed by atoms with Gasteiger partial charge in [0, 0.05) is 10.9 Å². The normalized spacial score (nSPS) is 11.5. The second-order valence-corrected chi connectivity index (χ2v) is 7.76. The van der Waals surface area contributed by atoms with E-state index >= 15 is 0 Å². The summed E-state index contributed by atoms with van der Waals surface area (Å²) >= 11 is 1.38. The molecule has 0 fully saturated rings. The molecule has 156 valence electrons. The molecule has 0 saturated heterocycles. The number of aromatic nitrogens is 1. The van der Waals surface area contributed by atoms with Crippen LogP contribution in [0.1, 0.15) is 6.92 Å². The second-order valence-electron chi connectivity index (χ2n) is 6.91. The van der Waals surface area contributed by atoms with E-state index in [0.717, 1.165) is 28.1 Å². The fraction of sp³-hybridized carbons (Fsp3) is 0.120. The van der Waals surface area contributed by atoms with E-state index in [2.05, 4.69) is 22.4 Å². The molecule has 31 heavy (non-hydrogen) atoms. The molecular weight excluding hydrogens is 408 g/mol. The average molecular weight is 431 g/mol. The first-order valence-electron chi connectivity index (χ1n) is 9.85. The molecule has 1 unspecified atom stereocenters. The van der Waals surface area contributed by atoms with Gasteiger partial charge < -0.3 is 9.47 Å². The minimum Gasteiger partial charge on any atom is -0.497 e. The first-order valence-corrected chi connectivity index (χ1v) is 10.7. The molecule has 4 aromatic rings. The first kappa shape index (κ1) is 20.6. The largest absolute Gasteiger partial charge is 0.497 e. The van der Waals surface area contributed by atoms with E-state index in [1.165, 1.54) is 11.3 Å². The summed E-state index contributed by atoms with van der Waals surface area (Å²) in [4.78, 5) is 17.0. The van der Waals surface area contributed by atoms with E-state index in [-0.39, 0.29) is 5.91 Å². The number of amides is 1. The maximum absolute atomic E-state index is 12.5. The molecule has 0 aliphatic heterocycles. The molecule has 0 radical (unpaired) electrons. The summed E-state index contributed by atoms with van der Waals surface area (Å²) in [5, 5.41) is 5.27. The number of rotatable bonds is 7. The summed E-state index contributed by atoms with van der Waals surface area (Å²) < 4.78 is 11.0. The number of methoxy groups -OCH3 is 1. The van der Waals surface area contributed by atoms with Gasteiger partial charge in [-0.15, -0.1) is 11.3 Å². The number of ether oxygens (including phenoxy) is 2. The molecule has 0 aliphatic carbocycles. The smallest absolute Gasteiger partial charge is 0.266 e. The number of benzene rings is 3. The van der Waals surface area contributed by atoms with Crippen molar-refractivity contribution >= 4 is 22.4 Å². The monoisotopic (exact) mass is 430 g/mol. The van der Waals surface area contributed by atoms with Crippen LogP contribution in [0.25, 0.3) is 22.4 Å². The molecule has 1 aromatic heterocycles. The molecule has 1 amide bonds. The van der Waals surface area contributed by atoms with Crippen molar-refractivity contribution in [3.63, 3.8) is 0 Å². The Morgan fingerprint density at radius 3 is 2.16 bits per heavy atom. The molecule has 0 bridgehead atoms. The molecule has 6 heteroatoms. The van der Waals surface area contributed by atoms with Crippen LogP contribution in [-0.2, 0) is 4.79 Å². The molecule has 3 aromatic carbocycles. The van der Waals surface area contributed by atoms with Crippen molar-refractivity contribution in [2.45, 2.75) is 13.0 Å². The Morgan fingerprint density at radius 2 is 1.48 bits per heavy atom. The summed E-state index contributed by atoms with van der Waals surface area (Å²) in [6, 6.07) is 25.5. The van der Waals surface area contributed by atoms with Gasteiger partial charge >= 0.3 is 0 Å². The fourth-order valence-corrected chi connectivity index (χ4v) is 3.77. The molecule has 5 nitrogen and oxygen atoms in total. The number of thiazole rings is 1. The molecule has 1 atom stereocenters. The van der Waals surface area contributed by atoms with Crippen LogP contribution in [0.2, 0.25) is 0 Å². The van der Waals surface area contributed by atoms with Crippen LogP contribution in [0.3, 0.4) is 0 Å². The highest BCUT2D eigenvalue weighted by Gasteiger charge is 2.17. The van der Waals surface area contributed by atoms with Crippen molar-refractivity contribution in [3.8, 4) is 33.9 Å². The quantitative estimate of drug-likeness (QED) is 0.397. The molecular formula is C25H22N2O3S. The Kier molecular flexibility index (Phi) is 6.29. The molecule has 0 spiro atoms. The molecule has 0 saturated carbocycles. The van der Waals surface area contributed by atoms with Crippen molar-refractivity contribution in [2.75, 3.05) is 12.4 Å². The van der Waals surface area contributed by atoms with E-state index in [9.17, 15) is 4.79 Å². The third-order valence-electron chi connectivity index (χ3n) is 4.76. The van der Waals surface area contributed by atoms with Gasteiger partial charge in [0.1, 0.15) is 11.5 Å². The standard InChI is InChI=1S/C25H22N2O3S/c1-17(30-22-14-8-19(9-15-22)18-6-4-3-5-7-18)24(28)27-25-26-23(16-31-25)20-10-12-21(29-2)13-11-20/h3-17H,1-2H3,(H,26,27,28). The van der Waals surface area contributed by atoms with E-state index in [0.29, 0.717) is 10.9 Å². The third-order valence-corrected chi connectivity index (χ3v) is 5.52. The summed E-state index contributed by atoms with van der Waals surface area (Å²) in [5.41, 5.74) is 3.99. The van der Waals surface area contributed by atoms with Crippen LogP contribution < -0.4 is 14.8 Å². The predicted molar refractivity (Wildman–Crippen MR) is 125 cm³/mol. The predicted octanol–water partition coefficient (Wildman–Crippen LogP) is 5.89. The Balaban J connectivity index is 1.36. The van der Waals surface area contributed by atoms with E-state index in [1.54, 1.807) is 14.0 Å². The third kappa shape index (κ3) is 5.10. The summed E-state index contributed by atoms with van der Waals surface area (Å²) in [6.07, 6.45) is -0.657. The van der Waals surface area contributed by atoms with Crippen molar-refractivity contribution in [3.05, 3.63) is 84.2 Å². The number of anilines is 1. The highest BCUT2D eigenvalue weighted by atomic mass is 32.1. The fourth-order valence-electron chi connectivity index (χ4n) is 3.05. The van der Waals surface area contributed by atoms with E-state index < -0.39 is 6.10 Å². The van der Waals surface area contributed by atoms with Crippen LogP contribution in [-0.4, -0.2) is 24.1 Å². The van der Waals surface area contributed by atoms with E-state index in [1.807, 2.05) is 72.1 Å². The minimum absolute atomic E-state index is 0.247. The number of hydrogen-bond donors (Lipinski definition) is 1. The van der Waals surface area contributed by atoms with Gasteiger partial charge in [-0.2, -0.15) is 0 Å². The average Bonchev–Trinajstić information content (AvgIpc) is 3.28. The Bertz CT molecular complexity index is 1140. The van der Waals surface area contributed by atoms with Gasteiger partial charge in [-0.3, -0.25) is 10.1 Å². The minimum atomic E-state index is -0.657. The SMILES string of the molecule is COc1ccc(-c2csc(NC(=O)C(C)Oc3ccc(-c4ccccc4)cc3)n2)cc1. The Hall–Kier alpha value is -3.64. The zero-order chi connectivity index (χ0) is 21.6. The lowest BCUT2D eigenvalue weighted by Crippen LogP contribution is -2.30. The zero-order valence-electron chi connectivity index (χ0n) is 17.2. The van der Waals surface area contributed by atoms with Gasteiger partial charge in [0.2, 0.25) is 0 Å². The van der Waals surface area contributed by atoms with E-state index in [4.69, 9.17) is 9.47 Å². The molecule has 1 N–H and O–H groups in total. The second kappa shape index (κ2) is 9.45. The molecule has 0 aliphatic rings. The van der Waals surface area contributed by atoms with Gasteiger partial charge in [-0.25, -0.2) is 4.98 Å². The lowest BCUT2D eigenvalue weighted by atomic mass is 10.1. The van der Waals surface area contributed by atoms with Gasteiger partial charge in [0.15, 0.2) is 11.2 Å². The van der Waals surface area contributed by atoms with Gasteiger partial charge in [0.05, 0.1) is 12.8 Å². The summed E-state index contributed by atoms with van der Waals surface area (Å²) in [5.74, 6) is 1.18. The van der Waals surface area contributed by atoms with Crippen LogP contribution in [0.4, 0.5) is 5.13 Å². The number of nitrogens with one attached hydrogen (secondary N) is 1. The van der Waals surface area contributed by atoms with Gasteiger partial charge in [-0.1, -0.05) is 42.5 Å². The summed E-state index contributed by atoms with van der Waals surface area (Å²) in [7, 11) is 1.63. The number of carbonyl (C=O) groups is 1. The molecule has 1 heterocycles. The Morgan fingerprint density at radius 1 is 0.871 bits per heavy atom.